The predicted octanol–water partition coefficient (Wildman–Crippen LogP) is 2.45. The zero-order valence-electron chi connectivity index (χ0n) is 10.0. The van der Waals surface area contributed by atoms with Gasteiger partial charge in [-0.1, -0.05) is 6.08 Å². The molecule has 0 atom stereocenters. The fourth-order valence-electron chi connectivity index (χ4n) is 1.97. The van der Waals surface area contributed by atoms with Crippen LogP contribution in [0.4, 0.5) is 5.69 Å². The van der Waals surface area contributed by atoms with E-state index < -0.39 is 4.92 Å². The Morgan fingerprint density at radius 2 is 2.11 bits per heavy atom. The largest absolute Gasteiger partial charge is 0.439 e. The fraction of sp³-hybridized carbons (Fsp3) is 0.154. The molecule has 19 heavy (non-hydrogen) atoms. The van der Waals surface area contributed by atoms with Crippen LogP contribution >= 0.6 is 0 Å². The number of nitro groups is 1. The smallest absolute Gasteiger partial charge is 0.269 e. The summed E-state index contributed by atoms with van der Waals surface area (Å²) in [7, 11) is 0. The van der Waals surface area contributed by atoms with Crippen LogP contribution < -0.4 is 4.74 Å². The Morgan fingerprint density at radius 3 is 2.84 bits per heavy atom. The average Bonchev–Trinajstić information content (AvgIpc) is 2.87. The molecule has 0 bridgehead atoms. The van der Waals surface area contributed by atoms with Crippen molar-refractivity contribution in [2.75, 3.05) is 6.54 Å². The van der Waals surface area contributed by atoms with Gasteiger partial charge in [0.2, 0.25) is 5.88 Å². The Balaban J connectivity index is 1.75. The summed E-state index contributed by atoms with van der Waals surface area (Å²) >= 11 is 0. The first kappa shape index (κ1) is 11.5. The summed E-state index contributed by atoms with van der Waals surface area (Å²) < 4.78 is 5.57. The van der Waals surface area contributed by atoms with Crippen molar-refractivity contribution in [2.45, 2.75) is 6.42 Å². The maximum atomic E-state index is 10.5. The zero-order valence-corrected chi connectivity index (χ0v) is 10.0. The summed E-state index contributed by atoms with van der Waals surface area (Å²) in [5.41, 5.74) is 1.12. The lowest BCUT2D eigenvalue weighted by atomic mass is 10.3. The van der Waals surface area contributed by atoms with Gasteiger partial charge in [-0.25, -0.2) is 4.99 Å². The summed E-state index contributed by atoms with van der Waals surface area (Å²) in [6.07, 6.45) is 6.71. The lowest BCUT2D eigenvalue weighted by molar-refractivity contribution is -0.384. The maximum absolute atomic E-state index is 10.5. The van der Waals surface area contributed by atoms with Crippen LogP contribution in [-0.2, 0) is 0 Å². The Kier molecular flexibility index (Phi) is 2.75. The number of hydrogen-bond acceptors (Lipinski definition) is 5. The molecule has 0 spiro atoms. The molecule has 3 rings (SSSR count). The second-order valence-corrected chi connectivity index (χ2v) is 4.19. The normalized spacial score (nSPS) is 16.7. The topological polar surface area (TPSA) is 68.0 Å². The molecule has 0 saturated carbocycles. The van der Waals surface area contributed by atoms with Gasteiger partial charge < -0.3 is 9.64 Å². The molecule has 96 valence electrons. The Morgan fingerprint density at radius 1 is 1.32 bits per heavy atom. The van der Waals surface area contributed by atoms with E-state index in [0.29, 0.717) is 11.6 Å². The molecule has 0 saturated heterocycles. The van der Waals surface area contributed by atoms with E-state index in [1.165, 1.54) is 12.1 Å². The van der Waals surface area contributed by atoms with E-state index >= 15 is 0 Å². The number of benzene rings is 1. The summed E-state index contributed by atoms with van der Waals surface area (Å²) in [5, 5.41) is 10.5. The van der Waals surface area contributed by atoms with Crippen molar-refractivity contribution >= 4 is 12.0 Å². The highest BCUT2D eigenvalue weighted by Crippen LogP contribution is 2.24. The lowest BCUT2D eigenvalue weighted by Gasteiger charge is -2.19. The number of rotatable bonds is 3. The average molecular weight is 257 g/mol. The van der Waals surface area contributed by atoms with Crippen molar-refractivity contribution in [3.05, 3.63) is 58.1 Å². The molecule has 0 N–H and O–H groups in total. The molecule has 2 aliphatic heterocycles. The lowest BCUT2D eigenvalue weighted by Crippen LogP contribution is -2.20. The SMILES string of the molecule is O=[N+]([O-])c1ccc(OC2=CC3=CCCN3C=N2)cc1. The molecular weight excluding hydrogens is 246 g/mol. The number of nitro benzene ring substituents is 1. The third-order valence-electron chi connectivity index (χ3n) is 2.92. The van der Waals surface area contributed by atoms with Gasteiger partial charge in [0, 0.05) is 30.5 Å². The van der Waals surface area contributed by atoms with Crippen LogP contribution in [0.2, 0.25) is 0 Å². The van der Waals surface area contributed by atoms with Crippen molar-refractivity contribution in [1.29, 1.82) is 0 Å². The van der Waals surface area contributed by atoms with Crippen LogP contribution in [-0.4, -0.2) is 22.7 Å². The third kappa shape index (κ3) is 2.33. The quantitative estimate of drug-likeness (QED) is 0.616. The van der Waals surface area contributed by atoms with Crippen LogP contribution in [0, 0.1) is 10.1 Å². The zero-order chi connectivity index (χ0) is 13.2. The third-order valence-corrected chi connectivity index (χ3v) is 2.92. The first-order chi connectivity index (χ1) is 9.22. The van der Waals surface area contributed by atoms with Gasteiger partial charge in [-0.15, -0.1) is 0 Å². The molecule has 0 aliphatic carbocycles. The van der Waals surface area contributed by atoms with Gasteiger partial charge in [0.05, 0.1) is 11.3 Å². The Bertz CT molecular complexity index is 602. The van der Waals surface area contributed by atoms with Crippen LogP contribution in [0.25, 0.3) is 0 Å². The van der Waals surface area contributed by atoms with Crippen molar-refractivity contribution in [3.8, 4) is 5.75 Å². The number of aliphatic imine (C=N–C) groups is 1. The minimum atomic E-state index is -0.441. The Hall–Kier alpha value is -2.63. The summed E-state index contributed by atoms with van der Waals surface area (Å²) in [6.45, 7) is 0.945. The van der Waals surface area contributed by atoms with Crippen molar-refractivity contribution in [1.82, 2.24) is 4.90 Å². The van der Waals surface area contributed by atoms with Crippen LogP contribution in [0.1, 0.15) is 6.42 Å². The van der Waals surface area contributed by atoms with Crippen molar-refractivity contribution in [3.63, 3.8) is 0 Å². The van der Waals surface area contributed by atoms with E-state index in [1.807, 2.05) is 11.0 Å². The number of nitrogens with zero attached hydrogens (tertiary/aromatic N) is 3. The van der Waals surface area contributed by atoms with Crippen LogP contribution in [0.3, 0.4) is 0 Å². The maximum Gasteiger partial charge on any atom is 0.269 e. The second kappa shape index (κ2) is 4.56. The van der Waals surface area contributed by atoms with Gasteiger partial charge in [-0.3, -0.25) is 10.1 Å². The predicted molar refractivity (Wildman–Crippen MR) is 69.7 cm³/mol. The van der Waals surface area contributed by atoms with Crippen molar-refractivity contribution < 1.29 is 9.66 Å². The van der Waals surface area contributed by atoms with Crippen LogP contribution in [0.15, 0.2) is 53.0 Å². The Labute approximate surface area is 109 Å². The molecular formula is C13H11N3O3. The molecule has 2 aliphatic rings. The summed E-state index contributed by atoms with van der Waals surface area (Å²) in [6, 6.07) is 5.93. The fourth-order valence-corrected chi connectivity index (χ4v) is 1.97. The molecule has 6 heteroatoms. The number of non-ortho nitro benzene ring substituents is 1. The van der Waals surface area contributed by atoms with Gasteiger partial charge in [0.15, 0.2) is 0 Å². The van der Waals surface area contributed by atoms with Gasteiger partial charge in [-0.05, 0) is 18.6 Å². The molecule has 0 radical (unpaired) electrons. The summed E-state index contributed by atoms with van der Waals surface area (Å²) in [5.74, 6) is 1.01. The van der Waals surface area contributed by atoms with Crippen molar-refractivity contribution in [2.24, 2.45) is 4.99 Å². The molecule has 0 aromatic heterocycles. The van der Waals surface area contributed by atoms with Gasteiger partial charge >= 0.3 is 0 Å². The number of fused-ring (bicyclic) bond motifs is 1. The number of allylic oxidation sites excluding steroid dienone is 1. The first-order valence-corrected chi connectivity index (χ1v) is 5.87. The minimum Gasteiger partial charge on any atom is -0.439 e. The molecule has 2 heterocycles. The highest BCUT2D eigenvalue weighted by Gasteiger charge is 2.16. The number of ether oxygens (including phenoxy) is 1. The molecule has 6 nitrogen and oxygen atoms in total. The molecule has 0 fully saturated rings. The van der Waals surface area contributed by atoms with E-state index in [2.05, 4.69) is 11.1 Å². The van der Waals surface area contributed by atoms with E-state index in [1.54, 1.807) is 18.5 Å². The molecule has 1 aromatic rings. The van der Waals surface area contributed by atoms with E-state index in [-0.39, 0.29) is 5.69 Å². The highest BCUT2D eigenvalue weighted by atomic mass is 16.6. The van der Waals surface area contributed by atoms with Crippen LogP contribution in [0.5, 0.6) is 5.75 Å². The van der Waals surface area contributed by atoms with Gasteiger partial charge in [-0.2, -0.15) is 0 Å². The second-order valence-electron chi connectivity index (χ2n) is 4.19. The molecule has 1 aromatic carbocycles. The summed E-state index contributed by atoms with van der Waals surface area (Å²) in [4.78, 5) is 16.3. The molecule has 0 amide bonds. The minimum absolute atomic E-state index is 0.0400. The van der Waals surface area contributed by atoms with E-state index in [4.69, 9.17) is 4.74 Å². The highest BCUT2D eigenvalue weighted by molar-refractivity contribution is 5.64. The number of hydrogen-bond donors (Lipinski definition) is 0. The van der Waals surface area contributed by atoms with Gasteiger partial charge in [0.25, 0.3) is 5.69 Å². The van der Waals surface area contributed by atoms with Gasteiger partial charge in [0.1, 0.15) is 5.75 Å². The first-order valence-electron chi connectivity index (χ1n) is 5.87. The van der Waals surface area contributed by atoms with E-state index in [0.717, 1.165) is 18.7 Å². The van der Waals surface area contributed by atoms with E-state index in [9.17, 15) is 10.1 Å². The molecule has 0 unspecified atom stereocenters. The monoisotopic (exact) mass is 257 g/mol. The standard InChI is InChI=1S/C13H11N3O3/c17-16(18)10-3-5-12(6-4-10)19-13-8-11-2-1-7-15(11)9-14-13/h2-6,8-9H,1,7H2.